The molecule has 1 heterocycles. The summed E-state index contributed by atoms with van der Waals surface area (Å²) in [4.78, 5) is 1.13. The average Bonchev–Trinajstić information content (AvgIpc) is 2.30. The van der Waals surface area contributed by atoms with E-state index in [1.165, 1.54) is 11.5 Å². The van der Waals surface area contributed by atoms with Crippen LogP contribution in [-0.2, 0) is 0 Å². The molecule has 1 rings (SSSR count). The molecule has 68 valence electrons. The van der Waals surface area contributed by atoms with Crippen LogP contribution in [0.3, 0.4) is 0 Å². The molecule has 3 heteroatoms. The van der Waals surface area contributed by atoms with Crippen molar-refractivity contribution in [2.24, 2.45) is 5.92 Å². The van der Waals surface area contributed by atoms with E-state index in [0.717, 1.165) is 16.1 Å². The van der Waals surface area contributed by atoms with Crippen LogP contribution in [0.1, 0.15) is 36.1 Å². The Morgan fingerprint density at radius 1 is 1.33 bits per heavy atom. The number of aryl methyl sites for hydroxylation is 2. The van der Waals surface area contributed by atoms with Gasteiger partial charge in [0.25, 0.3) is 0 Å². The first-order valence-corrected chi connectivity index (χ1v) is 4.92. The Kier molecular flexibility index (Phi) is 2.85. The number of aromatic nitrogens is 1. The molecule has 0 saturated heterocycles. The zero-order valence-corrected chi connectivity index (χ0v) is 8.77. The molecule has 0 aliphatic rings. The number of rotatable bonds is 2. The summed E-state index contributed by atoms with van der Waals surface area (Å²) in [5, 5.41) is 9.82. The number of nitrogens with zero attached hydrogens (tertiary/aromatic N) is 1. The monoisotopic (exact) mass is 185 g/mol. The smallest absolute Gasteiger partial charge is 0.0841 e. The van der Waals surface area contributed by atoms with Gasteiger partial charge in [0.1, 0.15) is 0 Å². The third-order valence-electron chi connectivity index (χ3n) is 2.02. The van der Waals surface area contributed by atoms with Gasteiger partial charge in [-0.3, -0.25) is 0 Å². The van der Waals surface area contributed by atoms with Crippen molar-refractivity contribution in [2.75, 3.05) is 0 Å². The molecule has 0 fully saturated rings. The van der Waals surface area contributed by atoms with Gasteiger partial charge in [-0.05, 0) is 31.3 Å². The summed E-state index contributed by atoms with van der Waals surface area (Å²) < 4.78 is 4.20. The minimum Gasteiger partial charge on any atom is -0.388 e. The molecule has 1 atom stereocenters. The van der Waals surface area contributed by atoms with Crippen molar-refractivity contribution in [3.05, 3.63) is 16.1 Å². The second kappa shape index (κ2) is 3.54. The van der Waals surface area contributed by atoms with E-state index in [9.17, 15) is 5.11 Å². The molecule has 0 aromatic carbocycles. The highest BCUT2D eigenvalue weighted by Gasteiger charge is 2.18. The van der Waals surface area contributed by atoms with Crippen molar-refractivity contribution in [1.82, 2.24) is 4.37 Å². The van der Waals surface area contributed by atoms with Gasteiger partial charge in [0.15, 0.2) is 0 Å². The van der Waals surface area contributed by atoms with E-state index in [-0.39, 0.29) is 12.0 Å². The summed E-state index contributed by atoms with van der Waals surface area (Å²) in [7, 11) is 0. The average molecular weight is 185 g/mol. The first-order chi connectivity index (χ1) is 5.54. The lowest BCUT2D eigenvalue weighted by Gasteiger charge is -2.14. The molecule has 0 amide bonds. The van der Waals surface area contributed by atoms with Crippen molar-refractivity contribution in [2.45, 2.75) is 33.8 Å². The SMILES string of the molecule is Cc1nsc(C)c1C(O)C(C)C. The van der Waals surface area contributed by atoms with Crippen LogP contribution in [0.5, 0.6) is 0 Å². The van der Waals surface area contributed by atoms with Crippen LogP contribution in [0.15, 0.2) is 0 Å². The van der Waals surface area contributed by atoms with Crippen LogP contribution in [0, 0.1) is 19.8 Å². The van der Waals surface area contributed by atoms with E-state index in [1.54, 1.807) is 0 Å². The van der Waals surface area contributed by atoms with Gasteiger partial charge in [-0.1, -0.05) is 13.8 Å². The van der Waals surface area contributed by atoms with Crippen molar-refractivity contribution < 1.29 is 5.11 Å². The van der Waals surface area contributed by atoms with Crippen molar-refractivity contribution in [1.29, 1.82) is 0 Å². The summed E-state index contributed by atoms with van der Waals surface area (Å²) in [5.41, 5.74) is 1.99. The maximum atomic E-state index is 9.82. The second-order valence-electron chi connectivity index (χ2n) is 3.43. The topological polar surface area (TPSA) is 33.1 Å². The molecule has 1 aromatic rings. The van der Waals surface area contributed by atoms with E-state index >= 15 is 0 Å². The molecule has 0 spiro atoms. The predicted molar refractivity (Wildman–Crippen MR) is 51.4 cm³/mol. The largest absolute Gasteiger partial charge is 0.388 e. The van der Waals surface area contributed by atoms with Gasteiger partial charge in [0.2, 0.25) is 0 Å². The van der Waals surface area contributed by atoms with Crippen LogP contribution in [0.25, 0.3) is 0 Å². The standard InChI is InChI=1S/C9H15NOS/c1-5(2)9(11)8-6(3)10-12-7(8)4/h5,9,11H,1-4H3. The molecule has 12 heavy (non-hydrogen) atoms. The lowest BCUT2D eigenvalue weighted by molar-refractivity contribution is 0.126. The van der Waals surface area contributed by atoms with E-state index in [0.29, 0.717) is 0 Å². The van der Waals surface area contributed by atoms with E-state index < -0.39 is 0 Å². The molecule has 0 saturated carbocycles. The van der Waals surface area contributed by atoms with Gasteiger partial charge >= 0.3 is 0 Å². The minimum absolute atomic E-state index is 0.263. The second-order valence-corrected chi connectivity index (χ2v) is 4.40. The normalized spacial score (nSPS) is 13.8. The number of hydrogen-bond acceptors (Lipinski definition) is 3. The van der Waals surface area contributed by atoms with Gasteiger partial charge in [-0.15, -0.1) is 0 Å². The lowest BCUT2D eigenvalue weighted by Crippen LogP contribution is -2.06. The summed E-state index contributed by atoms with van der Waals surface area (Å²) in [6, 6.07) is 0. The number of aliphatic hydroxyl groups is 1. The maximum Gasteiger partial charge on any atom is 0.0841 e. The molecule has 1 N–H and O–H groups in total. The van der Waals surface area contributed by atoms with Crippen molar-refractivity contribution >= 4 is 11.5 Å². The third kappa shape index (κ3) is 1.67. The highest BCUT2D eigenvalue weighted by molar-refractivity contribution is 7.05. The first-order valence-electron chi connectivity index (χ1n) is 4.15. The summed E-state index contributed by atoms with van der Waals surface area (Å²) in [6.07, 6.45) is -0.358. The molecular weight excluding hydrogens is 170 g/mol. The summed E-state index contributed by atoms with van der Waals surface area (Å²) >= 11 is 1.47. The Balaban J connectivity index is 3.00. The molecule has 0 radical (unpaired) electrons. The van der Waals surface area contributed by atoms with Gasteiger partial charge in [0, 0.05) is 10.4 Å². The fraction of sp³-hybridized carbons (Fsp3) is 0.667. The highest BCUT2D eigenvalue weighted by atomic mass is 32.1. The van der Waals surface area contributed by atoms with E-state index in [1.807, 2.05) is 27.7 Å². The van der Waals surface area contributed by atoms with Gasteiger partial charge < -0.3 is 5.11 Å². The fourth-order valence-corrected chi connectivity index (χ4v) is 1.98. The van der Waals surface area contributed by atoms with Gasteiger partial charge in [0.05, 0.1) is 11.8 Å². The minimum atomic E-state index is -0.358. The summed E-state index contributed by atoms with van der Waals surface area (Å²) in [6.45, 7) is 7.98. The number of hydrogen-bond donors (Lipinski definition) is 1. The van der Waals surface area contributed by atoms with Gasteiger partial charge in [-0.25, -0.2) is 0 Å². The molecule has 2 nitrogen and oxygen atoms in total. The molecule has 1 unspecified atom stereocenters. The quantitative estimate of drug-likeness (QED) is 0.767. The van der Waals surface area contributed by atoms with Crippen LogP contribution < -0.4 is 0 Å². The maximum absolute atomic E-state index is 9.82. The third-order valence-corrected chi connectivity index (χ3v) is 2.87. The van der Waals surface area contributed by atoms with Crippen LogP contribution >= 0.6 is 11.5 Å². The van der Waals surface area contributed by atoms with E-state index in [2.05, 4.69) is 4.37 Å². The highest BCUT2D eigenvalue weighted by Crippen LogP contribution is 2.29. The molecular formula is C9H15NOS. The van der Waals surface area contributed by atoms with Crippen LogP contribution in [0.4, 0.5) is 0 Å². The van der Waals surface area contributed by atoms with E-state index in [4.69, 9.17) is 0 Å². The molecule has 1 aromatic heterocycles. The number of aliphatic hydroxyl groups excluding tert-OH is 1. The fourth-order valence-electron chi connectivity index (χ4n) is 1.25. The Morgan fingerprint density at radius 2 is 1.92 bits per heavy atom. The Labute approximate surface area is 77.4 Å². The van der Waals surface area contributed by atoms with Crippen LogP contribution in [0.2, 0.25) is 0 Å². The predicted octanol–water partition coefficient (Wildman–Crippen LogP) is 2.45. The zero-order chi connectivity index (χ0) is 9.30. The van der Waals surface area contributed by atoms with Crippen molar-refractivity contribution in [3.8, 4) is 0 Å². The Morgan fingerprint density at radius 3 is 2.25 bits per heavy atom. The van der Waals surface area contributed by atoms with Gasteiger partial charge in [-0.2, -0.15) is 4.37 Å². The molecule has 0 bridgehead atoms. The first kappa shape index (κ1) is 9.68. The summed E-state index contributed by atoms with van der Waals surface area (Å²) in [5.74, 6) is 0.263. The zero-order valence-electron chi connectivity index (χ0n) is 7.96. The van der Waals surface area contributed by atoms with Crippen molar-refractivity contribution in [3.63, 3.8) is 0 Å². The Hall–Kier alpha value is -0.410. The van der Waals surface area contributed by atoms with Crippen LogP contribution in [-0.4, -0.2) is 9.48 Å². The lowest BCUT2D eigenvalue weighted by atomic mass is 9.98. The Bertz CT molecular complexity index is 248. The molecule has 0 aliphatic carbocycles. The molecule has 0 aliphatic heterocycles.